The van der Waals surface area contributed by atoms with Crippen LogP contribution in [0, 0.1) is 0 Å². The average molecular weight is 399 g/mol. The molecule has 30 heavy (non-hydrogen) atoms. The van der Waals surface area contributed by atoms with E-state index in [1.807, 2.05) is 66.7 Å². The fourth-order valence-corrected chi connectivity index (χ4v) is 3.22. The Kier molecular flexibility index (Phi) is 5.52. The van der Waals surface area contributed by atoms with Gasteiger partial charge in [-0.25, -0.2) is 10.0 Å². The largest absolute Gasteiger partial charge is 0.337 e. The molecule has 0 unspecified atom stereocenters. The number of aromatic nitrogens is 1. The Morgan fingerprint density at radius 2 is 1.67 bits per heavy atom. The van der Waals surface area contributed by atoms with Crippen LogP contribution < -0.4 is 15.8 Å². The monoisotopic (exact) mass is 399 g/mol. The number of hydrogen-bond acceptors (Lipinski definition) is 5. The molecule has 0 saturated heterocycles. The number of aliphatic imine (C=N–C) groups is 1. The lowest BCUT2D eigenvalue weighted by atomic mass is 10.0. The standard InChI is InChI=1S/C23H21N5O2/c1-16-23(30)28(18-12-6-3-7-13-18)27-21(25-16)22(29)26-20(17-10-4-2-5-11-17)19-14-8-9-15-24-19/h2-16,20H,1H3,(H,25,27)(H,26,29)/t16-,20+/m0/s1. The molecular formula is C23H21N5O2. The highest BCUT2D eigenvalue weighted by Gasteiger charge is 2.31. The number of para-hydroxylation sites is 1. The predicted molar refractivity (Wildman–Crippen MR) is 115 cm³/mol. The Bertz CT molecular complexity index is 1020. The summed E-state index contributed by atoms with van der Waals surface area (Å²) in [5.74, 6) is -0.584. The lowest BCUT2D eigenvalue weighted by molar-refractivity contribution is -0.120. The Hall–Kier alpha value is -4.00. The van der Waals surface area contributed by atoms with E-state index in [9.17, 15) is 9.59 Å². The van der Waals surface area contributed by atoms with Gasteiger partial charge in [0.1, 0.15) is 6.04 Å². The van der Waals surface area contributed by atoms with Gasteiger partial charge in [-0.2, -0.15) is 0 Å². The maximum atomic E-state index is 13.1. The highest BCUT2D eigenvalue weighted by molar-refractivity contribution is 6.39. The van der Waals surface area contributed by atoms with Gasteiger partial charge >= 0.3 is 0 Å². The highest BCUT2D eigenvalue weighted by atomic mass is 16.2. The fourth-order valence-electron chi connectivity index (χ4n) is 3.22. The molecule has 0 aliphatic carbocycles. The summed E-state index contributed by atoms with van der Waals surface area (Å²) >= 11 is 0. The number of amidine groups is 1. The van der Waals surface area contributed by atoms with Crippen molar-refractivity contribution in [3.05, 3.63) is 96.3 Å². The molecule has 0 bridgehead atoms. The molecule has 7 nitrogen and oxygen atoms in total. The molecular weight excluding hydrogens is 378 g/mol. The molecule has 150 valence electrons. The Balaban J connectivity index is 1.61. The van der Waals surface area contributed by atoms with Crippen molar-refractivity contribution < 1.29 is 9.59 Å². The number of hydrazine groups is 1. The van der Waals surface area contributed by atoms with Gasteiger partial charge in [0.25, 0.3) is 11.8 Å². The van der Waals surface area contributed by atoms with Crippen molar-refractivity contribution in [2.24, 2.45) is 4.99 Å². The molecule has 4 rings (SSSR count). The maximum Gasteiger partial charge on any atom is 0.288 e. The summed E-state index contributed by atoms with van der Waals surface area (Å²) in [6.07, 6.45) is 1.69. The van der Waals surface area contributed by atoms with Crippen LogP contribution in [0.25, 0.3) is 0 Å². The van der Waals surface area contributed by atoms with E-state index < -0.39 is 18.0 Å². The minimum absolute atomic E-state index is 0.0721. The van der Waals surface area contributed by atoms with Crippen LogP contribution in [0.4, 0.5) is 5.69 Å². The molecule has 1 aromatic heterocycles. The first-order chi connectivity index (χ1) is 14.6. The lowest BCUT2D eigenvalue weighted by Crippen LogP contribution is -2.58. The number of nitrogens with zero attached hydrogens (tertiary/aromatic N) is 3. The van der Waals surface area contributed by atoms with Gasteiger partial charge in [-0.15, -0.1) is 0 Å². The van der Waals surface area contributed by atoms with Gasteiger partial charge < -0.3 is 5.32 Å². The molecule has 2 atom stereocenters. The van der Waals surface area contributed by atoms with E-state index in [-0.39, 0.29) is 11.7 Å². The topological polar surface area (TPSA) is 86.7 Å². The molecule has 0 spiro atoms. The number of benzene rings is 2. The minimum Gasteiger partial charge on any atom is -0.337 e. The van der Waals surface area contributed by atoms with Gasteiger partial charge in [0.05, 0.1) is 17.4 Å². The van der Waals surface area contributed by atoms with Crippen molar-refractivity contribution in [2.75, 3.05) is 5.01 Å². The first kappa shape index (κ1) is 19.3. The smallest absolute Gasteiger partial charge is 0.288 e. The van der Waals surface area contributed by atoms with Crippen LogP contribution in [0.15, 0.2) is 90.1 Å². The summed E-state index contributed by atoms with van der Waals surface area (Å²) in [5.41, 5.74) is 5.10. The molecule has 2 amide bonds. The Morgan fingerprint density at radius 1 is 1.00 bits per heavy atom. The second-order valence-corrected chi connectivity index (χ2v) is 6.85. The van der Waals surface area contributed by atoms with Crippen LogP contribution in [-0.2, 0) is 9.59 Å². The lowest BCUT2D eigenvalue weighted by Gasteiger charge is -2.31. The SMILES string of the molecule is C[C@@H]1N=C(C(=O)N[C@H](c2ccccc2)c2ccccn2)NN(c2ccccc2)C1=O. The van der Waals surface area contributed by atoms with E-state index in [2.05, 4.69) is 20.7 Å². The van der Waals surface area contributed by atoms with Crippen molar-refractivity contribution in [1.29, 1.82) is 0 Å². The van der Waals surface area contributed by atoms with E-state index in [0.29, 0.717) is 11.4 Å². The first-order valence-electron chi connectivity index (χ1n) is 9.63. The van der Waals surface area contributed by atoms with Crippen molar-refractivity contribution in [1.82, 2.24) is 15.7 Å². The van der Waals surface area contributed by atoms with E-state index in [4.69, 9.17) is 0 Å². The van der Waals surface area contributed by atoms with E-state index in [1.54, 1.807) is 25.3 Å². The zero-order valence-electron chi connectivity index (χ0n) is 16.4. The van der Waals surface area contributed by atoms with Crippen LogP contribution in [0.3, 0.4) is 0 Å². The zero-order valence-corrected chi connectivity index (χ0v) is 16.4. The molecule has 2 aromatic carbocycles. The number of carbonyl (C=O) groups is 2. The van der Waals surface area contributed by atoms with Crippen molar-refractivity contribution >= 4 is 23.3 Å². The second kappa shape index (κ2) is 8.57. The molecule has 0 saturated carbocycles. The molecule has 2 heterocycles. The quantitative estimate of drug-likeness (QED) is 0.691. The van der Waals surface area contributed by atoms with Gasteiger partial charge in [0.2, 0.25) is 5.84 Å². The predicted octanol–water partition coefficient (Wildman–Crippen LogP) is 2.63. The summed E-state index contributed by atoms with van der Waals surface area (Å²) < 4.78 is 0. The highest BCUT2D eigenvalue weighted by Crippen LogP contribution is 2.21. The number of carbonyl (C=O) groups excluding carboxylic acids is 2. The summed E-state index contributed by atoms with van der Waals surface area (Å²) in [6.45, 7) is 1.67. The molecule has 1 aliphatic rings. The molecule has 2 N–H and O–H groups in total. The van der Waals surface area contributed by atoms with Gasteiger partial charge in [-0.1, -0.05) is 54.6 Å². The third-order valence-corrected chi connectivity index (χ3v) is 4.74. The Morgan fingerprint density at radius 3 is 2.33 bits per heavy atom. The third-order valence-electron chi connectivity index (χ3n) is 4.74. The van der Waals surface area contributed by atoms with Crippen molar-refractivity contribution in [3.8, 4) is 0 Å². The summed E-state index contributed by atoms with van der Waals surface area (Å²) in [7, 11) is 0. The van der Waals surface area contributed by atoms with E-state index in [0.717, 1.165) is 5.56 Å². The zero-order chi connectivity index (χ0) is 20.9. The second-order valence-electron chi connectivity index (χ2n) is 6.85. The van der Waals surface area contributed by atoms with Crippen LogP contribution >= 0.6 is 0 Å². The third kappa shape index (κ3) is 4.05. The summed E-state index contributed by atoms with van der Waals surface area (Å²) in [6, 6.07) is 23.1. The summed E-state index contributed by atoms with van der Waals surface area (Å²) in [4.78, 5) is 34.4. The van der Waals surface area contributed by atoms with Gasteiger partial charge in [-0.05, 0) is 36.8 Å². The van der Waals surface area contributed by atoms with Crippen LogP contribution in [0.1, 0.15) is 24.2 Å². The summed E-state index contributed by atoms with van der Waals surface area (Å²) in [5, 5.41) is 4.35. The van der Waals surface area contributed by atoms with Crippen molar-refractivity contribution in [3.63, 3.8) is 0 Å². The molecule has 0 fully saturated rings. The van der Waals surface area contributed by atoms with Crippen LogP contribution in [0.5, 0.6) is 0 Å². The number of anilines is 1. The normalized spacial score (nSPS) is 17.0. The number of amides is 2. The van der Waals surface area contributed by atoms with Crippen LogP contribution in [-0.4, -0.2) is 28.7 Å². The number of pyridine rings is 1. The molecule has 3 aromatic rings. The average Bonchev–Trinajstić information content (AvgIpc) is 2.80. The van der Waals surface area contributed by atoms with Crippen LogP contribution in [0.2, 0.25) is 0 Å². The Labute approximate surface area is 174 Å². The molecule has 0 radical (unpaired) electrons. The molecule has 7 heteroatoms. The number of rotatable bonds is 5. The molecule has 1 aliphatic heterocycles. The van der Waals surface area contributed by atoms with Crippen molar-refractivity contribution in [2.45, 2.75) is 19.0 Å². The first-order valence-corrected chi connectivity index (χ1v) is 9.63. The fraction of sp³-hybridized carbons (Fsp3) is 0.130. The number of hydrogen-bond donors (Lipinski definition) is 2. The van der Waals surface area contributed by atoms with Gasteiger partial charge in [0.15, 0.2) is 0 Å². The minimum atomic E-state index is -0.683. The number of nitrogens with one attached hydrogen (secondary N) is 2. The van der Waals surface area contributed by atoms with Gasteiger partial charge in [0, 0.05) is 6.20 Å². The van der Waals surface area contributed by atoms with Gasteiger partial charge in [-0.3, -0.25) is 20.0 Å². The van der Waals surface area contributed by atoms with E-state index in [1.165, 1.54) is 5.01 Å². The maximum absolute atomic E-state index is 13.1. The van der Waals surface area contributed by atoms with E-state index >= 15 is 0 Å².